The van der Waals surface area contributed by atoms with E-state index in [1.807, 2.05) is 0 Å². The van der Waals surface area contributed by atoms with E-state index in [0.29, 0.717) is 8.95 Å². The molecule has 1 rings (SSSR count). The molecule has 0 heterocycles. The lowest BCUT2D eigenvalue weighted by atomic mass is 10.4. The van der Waals surface area contributed by atoms with E-state index in [2.05, 4.69) is 41.7 Å². The third-order valence-electron chi connectivity index (χ3n) is 1.75. The number of oxime groups is 1. The molecule has 0 saturated carbocycles. The van der Waals surface area contributed by atoms with Crippen LogP contribution in [0.4, 0.5) is 0 Å². The molecule has 0 aliphatic rings. The highest BCUT2D eigenvalue weighted by Gasteiger charge is 2.18. The van der Waals surface area contributed by atoms with Gasteiger partial charge in [-0.05, 0) is 34.1 Å². The van der Waals surface area contributed by atoms with Crippen LogP contribution in [-0.4, -0.2) is 26.0 Å². The Labute approximate surface area is 115 Å². The van der Waals surface area contributed by atoms with Gasteiger partial charge in [-0.1, -0.05) is 21.1 Å². The first-order chi connectivity index (χ1) is 7.86. The Balaban J connectivity index is 3.01. The van der Waals surface area contributed by atoms with E-state index in [0.717, 1.165) is 0 Å². The van der Waals surface area contributed by atoms with Crippen molar-refractivity contribution in [2.45, 2.75) is 4.90 Å². The number of halogens is 2. The third-order valence-corrected chi connectivity index (χ3v) is 4.64. The molecule has 0 radical (unpaired) electrons. The molecule has 0 unspecified atom stereocenters. The highest BCUT2D eigenvalue weighted by Crippen LogP contribution is 2.25. The third kappa shape index (κ3) is 3.95. The first-order valence-corrected chi connectivity index (χ1v) is 7.35. The molecule has 0 bridgehead atoms. The van der Waals surface area contributed by atoms with Gasteiger partial charge in [0.2, 0.25) is 10.0 Å². The summed E-state index contributed by atoms with van der Waals surface area (Å²) in [6.07, 6.45) is 0. The second kappa shape index (κ2) is 5.80. The lowest BCUT2D eigenvalue weighted by molar-refractivity contribution is 0.317. The summed E-state index contributed by atoms with van der Waals surface area (Å²) in [6, 6.07) is 4.74. The first-order valence-electron chi connectivity index (χ1n) is 4.28. The van der Waals surface area contributed by atoms with Gasteiger partial charge >= 0.3 is 0 Å². The number of hydrogen-bond donors (Lipinski definition) is 3. The van der Waals surface area contributed by atoms with E-state index in [-0.39, 0.29) is 17.3 Å². The quantitative estimate of drug-likeness (QED) is 0.313. The van der Waals surface area contributed by atoms with Gasteiger partial charge in [-0.3, -0.25) is 0 Å². The van der Waals surface area contributed by atoms with Crippen LogP contribution in [0.15, 0.2) is 37.2 Å². The van der Waals surface area contributed by atoms with E-state index >= 15 is 0 Å². The predicted octanol–water partition coefficient (Wildman–Crippen LogP) is 1.24. The number of sulfonamides is 1. The van der Waals surface area contributed by atoms with Gasteiger partial charge in [0.15, 0.2) is 5.84 Å². The Morgan fingerprint density at radius 1 is 1.47 bits per heavy atom. The van der Waals surface area contributed by atoms with Gasteiger partial charge in [-0.15, -0.1) is 0 Å². The minimum absolute atomic E-state index is 0.0672. The minimum atomic E-state index is -3.72. The molecule has 9 heteroatoms. The Hall–Kier alpha value is -0.640. The van der Waals surface area contributed by atoms with Crippen LogP contribution < -0.4 is 10.5 Å². The topological polar surface area (TPSA) is 105 Å². The maximum atomic E-state index is 11.9. The van der Waals surface area contributed by atoms with Crippen LogP contribution in [-0.2, 0) is 10.0 Å². The Bertz CT molecular complexity index is 545. The van der Waals surface area contributed by atoms with Crippen molar-refractivity contribution in [3.8, 4) is 0 Å². The Morgan fingerprint density at radius 3 is 2.71 bits per heavy atom. The fraction of sp³-hybridized carbons (Fsp3) is 0.125. The summed E-state index contributed by atoms with van der Waals surface area (Å²) in [7, 11) is -3.72. The maximum Gasteiger partial charge on any atom is 0.242 e. The Kier molecular flexibility index (Phi) is 4.92. The molecule has 0 saturated heterocycles. The fourth-order valence-electron chi connectivity index (χ4n) is 0.965. The zero-order chi connectivity index (χ0) is 13.1. The van der Waals surface area contributed by atoms with E-state index in [1.165, 1.54) is 6.07 Å². The number of nitrogens with one attached hydrogen (secondary N) is 1. The van der Waals surface area contributed by atoms with Crippen LogP contribution in [0.5, 0.6) is 0 Å². The molecule has 0 atom stereocenters. The standard InChI is InChI=1S/C8H9Br2N3O3S/c9-5-1-2-6(10)7(3-5)17(15,16)12-4-8(11)13-14/h1-3,12,14H,4H2,(H2,11,13). The zero-order valence-electron chi connectivity index (χ0n) is 8.39. The minimum Gasteiger partial charge on any atom is -0.409 e. The normalized spacial score (nSPS) is 12.7. The molecule has 4 N–H and O–H groups in total. The fourth-order valence-corrected chi connectivity index (χ4v) is 3.46. The summed E-state index contributed by atoms with van der Waals surface area (Å²) in [5, 5.41) is 11.0. The molecular formula is C8H9Br2N3O3S. The van der Waals surface area contributed by atoms with E-state index in [1.54, 1.807) is 12.1 Å². The molecule has 1 aromatic rings. The van der Waals surface area contributed by atoms with Gasteiger partial charge in [-0.25, -0.2) is 13.1 Å². The average molecular weight is 387 g/mol. The van der Waals surface area contributed by atoms with Crippen LogP contribution in [0.3, 0.4) is 0 Å². The first kappa shape index (κ1) is 14.4. The number of nitrogens with two attached hydrogens (primary N) is 1. The van der Waals surface area contributed by atoms with Gasteiger partial charge in [0, 0.05) is 8.95 Å². The van der Waals surface area contributed by atoms with Crippen molar-refractivity contribution in [2.24, 2.45) is 10.9 Å². The van der Waals surface area contributed by atoms with Gasteiger partial charge in [0.1, 0.15) is 0 Å². The largest absolute Gasteiger partial charge is 0.409 e. The highest BCUT2D eigenvalue weighted by molar-refractivity contribution is 9.11. The number of rotatable bonds is 4. The molecule has 94 valence electrons. The highest BCUT2D eigenvalue weighted by atomic mass is 79.9. The van der Waals surface area contributed by atoms with Crippen molar-refractivity contribution in [2.75, 3.05) is 6.54 Å². The van der Waals surface area contributed by atoms with Crippen LogP contribution in [0.2, 0.25) is 0 Å². The molecular weight excluding hydrogens is 378 g/mol. The SMILES string of the molecule is N/C(CNS(=O)(=O)c1cc(Br)ccc1Br)=N\O. The number of benzene rings is 1. The summed E-state index contributed by atoms with van der Waals surface area (Å²) in [4.78, 5) is 0.0672. The second-order valence-electron chi connectivity index (χ2n) is 2.99. The van der Waals surface area contributed by atoms with Crippen LogP contribution in [0, 0.1) is 0 Å². The Morgan fingerprint density at radius 2 is 2.12 bits per heavy atom. The summed E-state index contributed by atoms with van der Waals surface area (Å²) in [6.45, 7) is -0.266. The molecule has 0 fully saturated rings. The lowest BCUT2D eigenvalue weighted by Crippen LogP contribution is -2.33. The molecule has 0 spiro atoms. The molecule has 1 aromatic carbocycles. The van der Waals surface area contributed by atoms with Crippen molar-refractivity contribution in [1.29, 1.82) is 0 Å². The molecule has 0 amide bonds. The van der Waals surface area contributed by atoms with E-state index < -0.39 is 10.0 Å². The lowest BCUT2D eigenvalue weighted by Gasteiger charge is -2.08. The monoisotopic (exact) mass is 385 g/mol. The predicted molar refractivity (Wildman–Crippen MR) is 70.4 cm³/mol. The molecule has 0 aliphatic carbocycles. The summed E-state index contributed by atoms with van der Waals surface area (Å²) in [5.41, 5.74) is 5.18. The maximum absolute atomic E-state index is 11.9. The average Bonchev–Trinajstić information content (AvgIpc) is 2.29. The molecule has 0 aliphatic heterocycles. The van der Waals surface area contributed by atoms with Gasteiger partial charge in [0.25, 0.3) is 0 Å². The number of amidine groups is 1. The van der Waals surface area contributed by atoms with Crippen LogP contribution in [0.25, 0.3) is 0 Å². The number of nitrogens with zero attached hydrogens (tertiary/aromatic N) is 1. The molecule has 0 aromatic heterocycles. The molecule has 17 heavy (non-hydrogen) atoms. The molecule has 6 nitrogen and oxygen atoms in total. The summed E-state index contributed by atoms with van der Waals surface area (Å²) >= 11 is 6.32. The smallest absolute Gasteiger partial charge is 0.242 e. The zero-order valence-corrected chi connectivity index (χ0v) is 12.4. The van der Waals surface area contributed by atoms with Crippen LogP contribution >= 0.6 is 31.9 Å². The summed E-state index contributed by atoms with van der Waals surface area (Å²) < 4.78 is 27.0. The van der Waals surface area contributed by atoms with Gasteiger partial charge < -0.3 is 10.9 Å². The van der Waals surface area contributed by atoms with E-state index in [9.17, 15) is 8.42 Å². The van der Waals surface area contributed by atoms with Gasteiger partial charge in [0.05, 0.1) is 11.4 Å². The summed E-state index contributed by atoms with van der Waals surface area (Å²) in [5.74, 6) is -0.223. The van der Waals surface area contributed by atoms with Crippen molar-refractivity contribution >= 4 is 47.7 Å². The van der Waals surface area contributed by atoms with Crippen molar-refractivity contribution in [3.05, 3.63) is 27.1 Å². The van der Waals surface area contributed by atoms with Crippen molar-refractivity contribution in [3.63, 3.8) is 0 Å². The van der Waals surface area contributed by atoms with Crippen molar-refractivity contribution < 1.29 is 13.6 Å². The number of hydrogen-bond acceptors (Lipinski definition) is 4. The van der Waals surface area contributed by atoms with Crippen molar-refractivity contribution in [1.82, 2.24) is 4.72 Å². The van der Waals surface area contributed by atoms with Crippen LogP contribution in [0.1, 0.15) is 0 Å². The van der Waals surface area contributed by atoms with Gasteiger partial charge in [-0.2, -0.15) is 0 Å². The van der Waals surface area contributed by atoms with E-state index in [4.69, 9.17) is 10.9 Å². The second-order valence-corrected chi connectivity index (χ2v) is 6.50.